The van der Waals surface area contributed by atoms with Gasteiger partial charge in [-0.3, -0.25) is 0 Å². The Hall–Kier alpha value is -7.48. The van der Waals surface area contributed by atoms with Gasteiger partial charge in [0.05, 0.1) is 5.69 Å². The summed E-state index contributed by atoms with van der Waals surface area (Å²) in [5.74, 6) is 0. The van der Waals surface area contributed by atoms with Gasteiger partial charge in [0, 0.05) is 22.3 Å². The van der Waals surface area contributed by atoms with Crippen molar-refractivity contribution in [1.29, 1.82) is 0 Å². The van der Waals surface area contributed by atoms with E-state index in [2.05, 4.69) is 241 Å². The Labute approximate surface area is 334 Å². The third-order valence-corrected chi connectivity index (χ3v) is 11.1. The van der Waals surface area contributed by atoms with Gasteiger partial charge in [0.25, 0.3) is 0 Å². The standard InChI is InChI=1S/C56H39N/c1-5-17-40(18-6-1)41-29-31-45(32-30-41)55-52-27-15-13-25-50(52)51-26-14-16-28-53(51)56(55)57(47-23-11-4-12-24-47)48-36-33-42(34-37-48)46-35-38-49(43-19-7-2-8-20-43)54(39-46)44-21-9-3-10-22-44/h1-39H. The first-order valence-electron chi connectivity index (χ1n) is 19.6. The SMILES string of the molecule is c1ccc(-c2ccc(-c3c(N(c4ccccc4)c4ccc(-c5ccc(-c6ccccc6)c(-c6ccccc6)c5)cc4)c4ccccc4c4ccccc34)cc2)cc1. The van der Waals surface area contributed by atoms with Gasteiger partial charge < -0.3 is 4.90 Å². The molecule has 10 rings (SSSR count). The molecule has 0 bridgehead atoms. The first kappa shape index (κ1) is 34.0. The smallest absolute Gasteiger partial charge is 0.0624 e. The molecule has 10 aromatic carbocycles. The molecule has 0 spiro atoms. The van der Waals surface area contributed by atoms with E-state index in [4.69, 9.17) is 0 Å². The van der Waals surface area contributed by atoms with E-state index in [0.29, 0.717) is 0 Å². The van der Waals surface area contributed by atoms with Gasteiger partial charge in [0.1, 0.15) is 0 Å². The highest BCUT2D eigenvalue weighted by Gasteiger charge is 2.23. The Kier molecular flexibility index (Phi) is 8.95. The second-order valence-electron chi connectivity index (χ2n) is 14.5. The summed E-state index contributed by atoms with van der Waals surface area (Å²) in [6.07, 6.45) is 0. The Morgan fingerprint density at radius 3 is 1.23 bits per heavy atom. The highest BCUT2D eigenvalue weighted by atomic mass is 15.1. The summed E-state index contributed by atoms with van der Waals surface area (Å²) in [6, 6.07) is 85.6. The maximum atomic E-state index is 2.45. The maximum Gasteiger partial charge on any atom is 0.0624 e. The van der Waals surface area contributed by atoms with Crippen LogP contribution < -0.4 is 4.90 Å². The summed E-state index contributed by atoms with van der Waals surface area (Å²) in [5, 5.41) is 4.91. The van der Waals surface area contributed by atoms with Gasteiger partial charge in [-0.1, -0.05) is 206 Å². The molecule has 0 N–H and O–H groups in total. The second-order valence-corrected chi connectivity index (χ2v) is 14.5. The fraction of sp³-hybridized carbons (Fsp3) is 0. The number of hydrogen-bond donors (Lipinski definition) is 0. The highest BCUT2D eigenvalue weighted by Crippen LogP contribution is 2.49. The molecule has 0 radical (unpaired) electrons. The molecule has 0 aromatic heterocycles. The minimum atomic E-state index is 1.09. The lowest BCUT2D eigenvalue weighted by molar-refractivity contribution is 1.30. The van der Waals surface area contributed by atoms with E-state index in [1.807, 2.05) is 0 Å². The fourth-order valence-corrected chi connectivity index (χ4v) is 8.34. The van der Waals surface area contributed by atoms with E-state index >= 15 is 0 Å². The number of benzene rings is 10. The van der Waals surface area contributed by atoms with Crippen LogP contribution in [0.5, 0.6) is 0 Å². The molecule has 0 aliphatic rings. The van der Waals surface area contributed by atoms with Crippen LogP contribution in [0.4, 0.5) is 17.1 Å². The van der Waals surface area contributed by atoms with Crippen LogP contribution in [0, 0.1) is 0 Å². The molecule has 0 unspecified atom stereocenters. The zero-order valence-electron chi connectivity index (χ0n) is 31.5. The molecule has 0 saturated carbocycles. The molecule has 268 valence electrons. The largest absolute Gasteiger partial charge is 0.309 e. The van der Waals surface area contributed by atoms with Crippen LogP contribution in [-0.2, 0) is 0 Å². The van der Waals surface area contributed by atoms with Crippen molar-refractivity contribution in [3.63, 3.8) is 0 Å². The Bertz CT molecular complexity index is 2950. The fourth-order valence-electron chi connectivity index (χ4n) is 8.34. The summed E-state index contributed by atoms with van der Waals surface area (Å²) < 4.78 is 0. The van der Waals surface area contributed by atoms with Gasteiger partial charge in [-0.15, -0.1) is 0 Å². The van der Waals surface area contributed by atoms with E-state index in [-0.39, 0.29) is 0 Å². The maximum absolute atomic E-state index is 2.45. The molecule has 0 heterocycles. The van der Waals surface area contributed by atoms with Gasteiger partial charge in [-0.05, 0) is 96.6 Å². The van der Waals surface area contributed by atoms with Crippen molar-refractivity contribution in [3.05, 3.63) is 237 Å². The molecule has 0 atom stereocenters. The minimum absolute atomic E-state index is 1.09. The molecule has 0 fully saturated rings. The Morgan fingerprint density at radius 2 is 0.614 bits per heavy atom. The Balaban J connectivity index is 1.16. The van der Waals surface area contributed by atoms with E-state index in [1.54, 1.807) is 0 Å². The molecular weight excluding hydrogens is 687 g/mol. The minimum Gasteiger partial charge on any atom is -0.309 e. The molecule has 57 heavy (non-hydrogen) atoms. The quantitative estimate of drug-likeness (QED) is 0.141. The first-order chi connectivity index (χ1) is 28.3. The van der Waals surface area contributed by atoms with Crippen LogP contribution >= 0.6 is 0 Å². The number of nitrogens with zero attached hydrogens (tertiary/aromatic N) is 1. The van der Waals surface area contributed by atoms with Crippen LogP contribution in [0.15, 0.2) is 237 Å². The first-order valence-corrected chi connectivity index (χ1v) is 19.6. The van der Waals surface area contributed by atoms with E-state index in [9.17, 15) is 0 Å². The number of fused-ring (bicyclic) bond motifs is 3. The molecule has 0 aliphatic carbocycles. The van der Waals surface area contributed by atoms with Crippen LogP contribution in [0.25, 0.3) is 77.2 Å². The molecular formula is C56H39N. The Morgan fingerprint density at radius 1 is 0.228 bits per heavy atom. The molecule has 1 heteroatoms. The second kappa shape index (κ2) is 15.0. The van der Waals surface area contributed by atoms with Crippen LogP contribution in [0.3, 0.4) is 0 Å². The van der Waals surface area contributed by atoms with Gasteiger partial charge in [0.2, 0.25) is 0 Å². The average Bonchev–Trinajstić information content (AvgIpc) is 3.30. The van der Waals surface area contributed by atoms with Gasteiger partial charge in [0.15, 0.2) is 0 Å². The lowest BCUT2D eigenvalue weighted by Gasteiger charge is -2.30. The van der Waals surface area contributed by atoms with Gasteiger partial charge in [-0.25, -0.2) is 0 Å². The zero-order chi connectivity index (χ0) is 38.0. The van der Waals surface area contributed by atoms with E-state index < -0.39 is 0 Å². The van der Waals surface area contributed by atoms with Gasteiger partial charge >= 0.3 is 0 Å². The highest BCUT2D eigenvalue weighted by molar-refractivity contribution is 6.22. The number of hydrogen-bond acceptors (Lipinski definition) is 1. The van der Waals surface area contributed by atoms with E-state index in [1.165, 1.54) is 77.2 Å². The van der Waals surface area contributed by atoms with Crippen molar-refractivity contribution in [2.75, 3.05) is 4.90 Å². The molecule has 1 nitrogen and oxygen atoms in total. The number of rotatable bonds is 8. The average molecular weight is 726 g/mol. The topological polar surface area (TPSA) is 3.24 Å². The predicted molar refractivity (Wildman–Crippen MR) is 243 cm³/mol. The number of para-hydroxylation sites is 1. The monoisotopic (exact) mass is 725 g/mol. The van der Waals surface area contributed by atoms with Gasteiger partial charge in [-0.2, -0.15) is 0 Å². The summed E-state index contributed by atoms with van der Waals surface area (Å²) in [7, 11) is 0. The van der Waals surface area contributed by atoms with Crippen molar-refractivity contribution >= 4 is 38.6 Å². The molecule has 10 aromatic rings. The lowest BCUT2D eigenvalue weighted by Crippen LogP contribution is -2.12. The summed E-state index contributed by atoms with van der Waals surface area (Å²) in [5.41, 5.74) is 15.4. The lowest BCUT2D eigenvalue weighted by atomic mass is 9.89. The predicted octanol–water partition coefficient (Wildman–Crippen LogP) is 15.8. The zero-order valence-corrected chi connectivity index (χ0v) is 31.5. The van der Waals surface area contributed by atoms with Crippen molar-refractivity contribution < 1.29 is 0 Å². The van der Waals surface area contributed by atoms with Crippen molar-refractivity contribution in [2.24, 2.45) is 0 Å². The van der Waals surface area contributed by atoms with Crippen molar-refractivity contribution in [3.8, 4) is 55.6 Å². The normalized spacial score (nSPS) is 11.2. The number of anilines is 3. The van der Waals surface area contributed by atoms with Crippen LogP contribution in [0.2, 0.25) is 0 Å². The third kappa shape index (κ3) is 6.46. The van der Waals surface area contributed by atoms with Crippen LogP contribution in [0.1, 0.15) is 0 Å². The molecule has 0 amide bonds. The van der Waals surface area contributed by atoms with Crippen LogP contribution in [-0.4, -0.2) is 0 Å². The molecule has 0 saturated heterocycles. The summed E-state index contributed by atoms with van der Waals surface area (Å²) in [4.78, 5) is 2.45. The summed E-state index contributed by atoms with van der Waals surface area (Å²) >= 11 is 0. The van der Waals surface area contributed by atoms with E-state index in [0.717, 1.165) is 17.1 Å². The third-order valence-electron chi connectivity index (χ3n) is 11.1. The molecule has 0 aliphatic heterocycles. The van der Waals surface area contributed by atoms with Crippen molar-refractivity contribution in [2.45, 2.75) is 0 Å². The summed E-state index contributed by atoms with van der Waals surface area (Å²) in [6.45, 7) is 0. The van der Waals surface area contributed by atoms with Crippen molar-refractivity contribution in [1.82, 2.24) is 0 Å².